The molecular formula is C45H82N2O11S. The monoisotopic (exact) mass is 859 g/mol. The minimum atomic E-state index is -0.955. The molecule has 344 valence electrons. The molecule has 0 rings (SSSR count). The number of thioether (sulfide) groups is 1. The van der Waals surface area contributed by atoms with Gasteiger partial charge in [0.05, 0.1) is 26.1 Å². The Morgan fingerprint density at radius 2 is 0.831 bits per heavy atom. The average molecular weight is 859 g/mol. The maximum Gasteiger partial charge on any atom is 0.307 e. The molecule has 0 radical (unpaired) electrons. The lowest BCUT2D eigenvalue weighted by Crippen LogP contribution is -2.34. The van der Waals surface area contributed by atoms with Crippen LogP contribution in [0.5, 0.6) is 0 Å². The van der Waals surface area contributed by atoms with Crippen LogP contribution in [0.2, 0.25) is 0 Å². The number of nitrogens with zero attached hydrogens (tertiary/aromatic N) is 2. The van der Waals surface area contributed by atoms with Crippen LogP contribution < -0.4 is 0 Å². The van der Waals surface area contributed by atoms with Crippen molar-refractivity contribution in [1.29, 1.82) is 0 Å². The van der Waals surface area contributed by atoms with Gasteiger partial charge in [-0.3, -0.25) is 28.8 Å². The molecule has 0 aromatic heterocycles. The summed E-state index contributed by atoms with van der Waals surface area (Å²) in [6.45, 7) is 7.08. The van der Waals surface area contributed by atoms with E-state index in [4.69, 9.17) is 23.7 Å². The molecule has 0 bridgehead atoms. The number of amides is 1. The minimum Gasteiger partial charge on any atom is -0.466 e. The highest BCUT2D eigenvalue weighted by Gasteiger charge is 2.22. The number of rotatable bonds is 40. The van der Waals surface area contributed by atoms with E-state index >= 15 is 0 Å². The molecule has 13 nitrogen and oxygen atoms in total. The molecular weight excluding hydrogens is 777 g/mol. The molecule has 0 aromatic carbocycles. The van der Waals surface area contributed by atoms with Crippen molar-refractivity contribution in [1.82, 2.24) is 9.80 Å². The van der Waals surface area contributed by atoms with E-state index in [-0.39, 0.29) is 82.4 Å². The Kier molecular flexibility index (Phi) is 38.6. The quantitative estimate of drug-likeness (QED) is 0.0327. The Labute approximate surface area is 361 Å². The Morgan fingerprint density at radius 3 is 1.29 bits per heavy atom. The van der Waals surface area contributed by atoms with E-state index in [0.29, 0.717) is 25.0 Å². The van der Waals surface area contributed by atoms with Gasteiger partial charge in [0.1, 0.15) is 13.2 Å². The van der Waals surface area contributed by atoms with E-state index in [1.54, 1.807) is 0 Å². The van der Waals surface area contributed by atoms with Crippen LogP contribution in [0, 0.1) is 0 Å². The highest BCUT2D eigenvalue weighted by atomic mass is 32.2. The molecule has 0 aliphatic heterocycles. The van der Waals surface area contributed by atoms with Crippen molar-refractivity contribution in [3.8, 4) is 0 Å². The molecule has 0 saturated heterocycles. The molecule has 0 fully saturated rings. The molecule has 1 amide bonds. The molecule has 0 N–H and O–H groups in total. The highest BCUT2D eigenvalue weighted by molar-refractivity contribution is 8.13. The van der Waals surface area contributed by atoms with E-state index in [1.165, 1.54) is 30.6 Å². The molecule has 14 heteroatoms. The highest BCUT2D eigenvalue weighted by Crippen LogP contribution is 2.14. The Balaban J connectivity index is 5.03. The van der Waals surface area contributed by atoms with Crippen LogP contribution in [0.4, 0.5) is 4.79 Å². The zero-order valence-electron chi connectivity index (χ0n) is 37.7. The summed E-state index contributed by atoms with van der Waals surface area (Å²) in [6, 6.07) is 0. The summed E-state index contributed by atoms with van der Waals surface area (Å²) in [4.78, 5) is 79.2. The maximum absolute atomic E-state index is 13.2. The lowest BCUT2D eigenvalue weighted by atomic mass is 10.1. The molecule has 0 aromatic rings. The van der Waals surface area contributed by atoms with Gasteiger partial charge in [-0.05, 0) is 46.3 Å². The molecule has 1 unspecified atom stereocenters. The van der Waals surface area contributed by atoms with Gasteiger partial charge in [0.15, 0.2) is 6.10 Å². The van der Waals surface area contributed by atoms with Crippen LogP contribution in [-0.2, 0) is 47.7 Å². The molecule has 0 aliphatic rings. The van der Waals surface area contributed by atoms with Crippen molar-refractivity contribution in [3.63, 3.8) is 0 Å². The maximum atomic E-state index is 13.2. The first-order valence-electron chi connectivity index (χ1n) is 22.9. The van der Waals surface area contributed by atoms with E-state index < -0.39 is 24.0 Å². The van der Waals surface area contributed by atoms with Gasteiger partial charge in [-0.1, -0.05) is 129 Å². The van der Waals surface area contributed by atoms with Gasteiger partial charge in [-0.25, -0.2) is 0 Å². The summed E-state index contributed by atoms with van der Waals surface area (Å²) in [5.41, 5.74) is 0. The van der Waals surface area contributed by atoms with Crippen molar-refractivity contribution in [3.05, 3.63) is 0 Å². The third-order valence-corrected chi connectivity index (χ3v) is 10.6. The summed E-state index contributed by atoms with van der Waals surface area (Å²) in [6.07, 6.45) is 19.7. The molecule has 0 spiro atoms. The van der Waals surface area contributed by atoms with Crippen molar-refractivity contribution >= 4 is 46.8 Å². The normalized spacial score (nSPS) is 11.6. The van der Waals surface area contributed by atoms with Crippen LogP contribution in [0.1, 0.15) is 181 Å². The van der Waals surface area contributed by atoms with Gasteiger partial charge in [0, 0.05) is 44.5 Å². The van der Waals surface area contributed by atoms with Crippen LogP contribution in [0.3, 0.4) is 0 Å². The second-order valence-corrected chi connectivity index (χ2v) is 16.6. The van der Waals surface area contributed by atoms with Gasteiger partial charge in [-0.2, -0.15) is 0 Å². The average Bonchev–Trinajstić information content (AvgIpc) is 3.21. The first-order valence-corrected chi connectivity index (χ1v) is 23.9. The zero-order chi connectivity index (χ0) is 43.8. The molecule has 0 heterocycles. The Hall–Kier alpha value is -2.87. The van der Waals surface area contributed by atoms with Gasteiger partial charge in [-0.15, -0.1) is 0 Å². The molecule has 59 heavy (non-hydrogen) atoms. The molecule has 1 atom stereocenters. The van der Waals surface area contributed by atoms with Crippen molar-refractivity contribution in [2.75, 3.05) is 65.9 Å². The van der Waals surface area contributed by atoms with Crippen molar-refractivity contribution in [2.24, 2.45) is 0 Å². The van der Waals surface area contributed by atoms with Crippen LogP contribution in [0.15, 0.2) is 0 Å². The van der Waals surface area contributed by atoms with E-state index in [9.17, 15) is 28.8 Å². The number of carbonyl (C=O) groups excluding carboxylic acids is 6. The largest absolute Gasteiger partial charge is 0.466 e. The van der Waals surface area contributed by atoms with Crippen LogP contribution in [0.25, 0.3) is 0 Å². The number of hydrogen-bond donors (Lipinski definition) is 0. The van der Waals surface area contributed by atoms with Gasteiger partial charge in [0.25, 0.3) is 5.24 Å². The standard InChI is InChI=1S/C45H82N2O11S/c1-6-9-12-15-18-21-26-40(48)54-34-25-35-55-42(50)29-32-47(45(53)59-36-24-31-46(4)5)33-30-43(51)57-38-39(58-44(52)28-23-20-17-14-11-8-3)37-56-41(49)27-22-19-16-13-10-7-2/h39H,6-38H2,1-5H3. The molecule has 0 saturated carbocycles. The summed E-state index contributed by atoms with van der Waals surface area (Å²) in [5.74, 6) is -1.62. The fourth-order valence-corrected chi connectivity index (χ4v) is 6.79. The Bertz CT molecular complexity index is 1110. The van der Waals surface area contributed by atoms with Crippen molar-refractivity contribution < 1.29 is 52.5 Å². The third-order valence-electron chi connectivity index (χ3n) is 9.58. The summed E-state index contributed by atoms with van der Waals surface area (Å²) in [7, 11) is 3.91. The van der Waals surface area contributed by atoms with E-state index in [2.05, 4.69) is 20.8 Å². The van der Waals surface area contributed by atoms with Gasteiger partial charge in [0.2, 0.25) is 0 Å². The lowest BCUT2D eigenvalue weighted by molar-refractivity contribution is -0.167. The van der Waals surface area contributed by atoms with E-state index in [0.717, 1.165) is 108 Å². The number of carbonyl (C=O) groups is 6. The SMILES string of the molecule is CCCCCCCCC(=O)OCCCOC(=O)CCN(CCC(=O)OCC(COC(=O)CCCCCCCC)OC(=O)CCCCCCCC)C(=O)SCCCN(C)C. The van der Waals surface area contributed by atoms with Gasteiger partial charge < -0.3 is 33.5 Å². The number of hydrogen-bond acceptors (Lipinski definition) is 13. The third kappa shape index (κ3) is 37.8. The minimum absolute atomic E-state index is 0.00983. The second kappa shape index (κ2) is 40.5. The predicted octanol–water partition coefficient (Wildman–Crippen LogP) is 9.60. The molecule has 0 aliphatic carbocycles. The zero-order valence-corrected chi connectivity index (χ0v) is 38.5. The number of ether oxygens (including phenoxy) is 5. The van der Waals surface area contributed by atoms with E-state index in [1.807, 2.05) is 19.0 Å². The summed E-state index contributed by atoms with van der Waals surface area (Å²) >= 11 is 1.12. The second-order valence-electron chi connectivity index (χ2n) is 15.6. The van der Waals surface area contributed by atoms with Crippen molar-refractivity contribution in [2.45, 2.75) is 187 Å². The number of unbranched alkanes of at least 4 members (excludes halogenated alkanes) is 15. The summed E-state index contributed by atoms with van der Waals surface area (Å²) < 4.78 is 27.1. The Morgan fingerprint density at radius 1 is 0.441 bits per heavy atom. The first kappa shape index (κ1) is 56.1. The topological polar surface area (TPSA) is 155 Å². The summed E-state index contributed by atoms with van der Waals surface area (Å²) in [5, 5.41) is -0.264. The fraction of sp³-hybridized carbons (Fsp3) is 0.867. The fourth-order valence-electron chi connectivity index (χ4n) is 5.98. The number of esters is 5. The lowest BCUT2D eigenvalue weighted by Gasteiger charge is -2.22. The predicted molar refractivity (Wildman–Crippen MR) is 234 cm³/mol. The van der Waals surface area contributed by atoms with Crippen LogP contribution >= 0.6 is 11.8 Å². The smallest absolute Gasteiger partial charge is 0.307 e. The first-order chi connectivity index (χ1) is 28.5. The van der Waals surface area contributed by atoms with Gasteiger partial charge >= 0.3 is 29.8 Å². The van der Waals surface area contributed by atoms with Crippen LogP contribution in [-0.4, -0.2) is 117 Å².